The third-order valence-electron chi connectivity index (χ3n) is 4.27. The number of ketones is 2. The van der Waals surface area contributed by atoms with E-state index in [0.717, 1.165) is 5.56 Å². The molecule has 0 fully saturated rings. The Morgan fingerprint density at radius 3 is 1.96 bits per heavy atom. The molecule has 0 radical (unpaired) electrons. The fourth-order valence-corrected chi connectivity index (χ4v) is 2.50. The van der Waals surface area contributed by atoms with Crippen molar-refractivity contribution < 1.29 is 23.9 Å². The van der Waals surface area contributed by atoms with E-state index in [1.807, 2.05) is 12.1 Å². The maximum atomic E-state index is 12.2. The molecule has 0 aromatic heterocycles. The first-order valence-electron chi connectivity index (χ1n) is 9.20. The summed E-state index contributed by atoms with van der Waals surface area (Å²) in [5, 5.41) is 0. The van der Waals surface area contributed by atoms with Gasteiger partial charge in [-0.15, -0.1) is 0 Å². The zero-order chi connectivity index (χ0) is 20.7. The molecule has 0 saturated heterocycles. The van der Waals surface area contributed by atoms with E-state index in [0.29, 0.717) is 16.9 Å². The summed E-state index contributed by atoms with van der Waals surface area (Å²) in [7, 11) is 0. The van der Waals surface area contributed by atoms with E-state index in [1.54, 1.807) is 36.4 Å². The summed E-state index contributed by atoms with van der Waals surface area (Å²) in [6, 6.07) is 14.0. The van der Waals surface area contributed by atoms with Crippen molar-refractivity contribution >= 4 is 17.5 Å². The molecule has 2 aromatic carbocycles. The molecule has 2 rings (SSSR count). The lowest BCUT2D eigenvalue weighted by Gasteiger charge is -2.18. The molecule has 0 unspecified atom stereocenters. The van der Waals surface area contributed by atoms with Crippen LogP contribution in [0, 0.1) is 0 Å². The van der Waals surface area contributed by atoms with E-state index in [4.69, 9.17) is 9.47 Å². The normalized spacial score (nSPS) is 11.0. The molecule has 0 N–H and O–H groups in total. The van der Waals surface area contributed by atoms with Crippen molar-refractivity contribution in [2.45, 2.75) is 39.5 Å². The summed E-state index contributed by atoms with van der Waals surface area (Å²) in [6.45, 7) is 7.64. The van der Waals surface area contributed by atoms with Gasteiger partial charge in [0.05, 0.1) is 13.0 Å². The van der Waals surface area contributed by atoms with Crippen molar-refractivity contribution in [1.29, 1.82) is 0 Å². The second-order valence-corrected chi connectivity index (χ2v) is 7.59. The fraction of sp³-hybridized carbons (Fsp3) is 0.348. The number of carbonyl (C=O) groups is 3. The van der Waals surface area contributed by atoms with Gasteiger partial charge < -0.3 is 9.47 Å². The molecule has 2 aromatic rings. The lowest BCUT2D eigenvalue weighted by atomic mass is 9.86. The van der Waals surface area contributed by atoms with Gasteiger partial charge in [-0.05, 0) is 42.2 Å². The summed E-state index contributed by atoms with van der Waals surface area (Å²) in [5.41, 5.74) is 2.26. The van der Waals surface area contributed by atoms with E-state index in [-0.39, 0.29) is 36.6 Å². The van der Waals surface area contributed by atoms with Gasteiger partial charge in [0.2, 0.25) is 0 Å². The highest BCUT2D eigenvalue weighted by molar-refractivity contribution is 5.98. The van der Waals surface area contributed by atoms with Crippen LogP contribution in [0.2, 0.25) is 0 Å². The highest BCUT2D eigenvalue weighted by Crippen LogP contribution is 2.22. The van der Waals surface area contributed by atoms with Gasteiger partial charge >= 0.3 is 5.97 Å². The van der Waals surface area contributed by atoms with Crippen LogP contribution in [0.3, 0.4) is 0 Å². The topological polar surface area (TPSA) is 69.7 Å². The average molecular weight is 382 g/mol. The van der Waals surface area contributed by atoms with Crippen LogP contribution in [0.1, 0.15) is 60.4 Å². The molecule has 5 heteroatoms. The second kappa shape index (κ2) is 9.31. The number of esters is 1. The predicted molar refractivity (Wildman–Crippen MR) is 107 cm³/mol. The van der Waals surface area contributed by atoms with E-state index in [1.165, 1.54) is 6.92 Å². The monoisotopic (exact) mass is 382 g/mol. The van der Waals surface area contributed by atoms with Gasteiger partial charge in [0, 0.05) is 11.1 Å². The van der Waals surface area contributed by atoms with Crippen molar-refractivity contribution in [3.05, 3.63) is 65.2 Å². The average Bonchev–Trinajstić information content (AvgIpc) is 2.66. The first kappa shape index (κ1) is 21.4. The number of hydrogen-bond donors (Lipinski definition) is 0. The molecular formula is C23H26O5. The van der Waals surface area contributed by atoms with Gasteiger partial charge in [0.15, 0.2) is 18.2 Å². The third-order valence-corrected chi connectivity index (χ3v) is 4.27. The SMILES string of the molecule is CC(=O)c1ccc(OCCC(=O)OCC(=O)c2ccc(C(C)(C)C)cc2)cc1. The van der Waals surface area contributed by atoms with Gasteiger partial charge in [0.25, 0.3) is 0 Å². The van der Waals surface area contributed by atoms with Gasteiger partial charge in [-0.1, -0.05) is 45.0 Å². The van der Waals surface area contributed by atoms with Crippen molar-refractivity contribution in [2.24, 2.45) is 0 Å². The van der Waals surface area contributed by atoms with Crippen LogP contribution in [-0.2, 0) is 14.9 Å². The highest BCUT2D eigenvalue weighted by Gasteiger charge is 2.15. The van der Waals surface area contributed by atoms with Crippen LogP contribution in [0.5, 0.6) is 5.75 Å². The van der Waals surface area contributed by atoms with Crippen LogP contribution < -0.4 is 4.74 Å². The van der Waals surface area contributed by atoms with Gasteiger partial charge in [-0.2, -0.15) is 0 Å². The first-order valence-corrected chi connectivity index (χ1v) is 9.20. The number of Topliss-reactive ketones (excluding diaryl/α,β-unsaturated/α-hetero) is 2. The summed E-state index contributed by atoms with van der Waals surface area (Å²) in [6.07, 6.45) is 0.0324. The maximum absolute atomic E-state index is 12.2. The lowest BCUT2D eigenvalue weighted by Crippen LogP contribution is -2.16. The molecule has 28 heavy (non-hydrogen) atoms. The Labute approximate surface area is 165 Å². The molecule has 0 atom stereocenters. The van der Waals surface area contributed by atoms with E-state index >= 15 is 0 Å². The lowest BCUT2D eigenvalue weighted by molar-refractivity contribution is -0.143. The van der Waals surface area contributed by atoms with Crippen molar-refractivity contribution in [3.8, 4) is 5.75 Å². The molecule has 0 aliphatic rings. The third kappa shape index (κ3) is 6.34. The highest BCUT2D eigenvalue weighted by atomic mass is 16.5. The molecule has 0 heterocycles. The number of carbonyl (C=O) groups excluding carboxylic acids is 3. The molecule has 148 valence electrons. The van der Waals surface area contributed by atoms with Crippen LogP contribution in [0.25, 0.3) is 0 Å². The van der Waals surface area contributed by atoms with E-state index < -0.39 is 5.97 Å². The largest absolute Gasteiger partial charge is 0.493 e. The smallest absolute Gasteiger partial charge is 0.309 e. The summed E-state index contributed by atoms with van der Waals surface area (Å²) in [4.78, 5) is 35.2. The molecule has 0 aliphatic carbocycles. The Hall–Kier alpha value is -2.95. The summed E-state index contributed by atoms with van der Waals surface area (Å²) in [5.74, 6) is -0.199. The number of hydrogen-bond acceptors (Lipinski definition) is 5. The zero-order valence-electron chi connectivity index (χ0n) is 16.8. The minimum atomic E-state index is -0.500. The molecule has 0 saturated carbocycles. The minimum Gasteiger partial charge on any atom is -0.493 e. The first-order chi connectivity index (χ1) is 13.2. The maximum Gasteiger partial charge on any atom is 0.309 e. The van der Waals surface area contributed by atoms with Gasteiger partial charge in [-0.3, -0.25) is 14.4 Å². The molecule has 5 nitrogen and oxygen atoms in total. The Balaban J connectivity index is 1.74. The van der Waals surface area contributed by atoms with Gasteiger partial charge in [0.1, 0.15) is 5.75 Å². The van der Waals surface area contributed by atoms with Crippen molar-refractivity contribution in [1.82, 2.24) is 0 Å². The Morgan fingerprint density at radius 1 is 0.857 bits per heavy atom. The molecule has 0 amide bonds. The van der Waals surface area contributed by atoms with Crippen molar-refractivity contribution in [3.63, 3.8) is 0 Å². The predicted octanol–water partition coefficient (Wildman–Crippen LogP) is 4.38. The van der Waals surface area contributed by atoms with E-state index in [2.05, 4.69) is 20.8 Å². The second-order valence-electron chi connectivity index (χ2n) is 7.59. The number of ether oxygens (including phenoxy) is 2. The van der Waals surface area contributed by atoms with Crippen LogP contribution in [-0.4, -0.2) is 30.7 Å². The van der Waals surface area contributed by atoms with Crippen LogP contribution in [0.15, 0.2) is 48.5 Å². The van der Waals surface area contributed by atoms with Gasteiger partial charge in [-0.25, -0.2) is 0 Å². The molecule has 0 aliphatic heterocycles. The number of rotatable bonds is 8. The number of benzene rings is 2. The standard InChI is InChI=1S/C23H26O5/c1-16(24)17-7-11-20(12-8-17)27-14-13-22(26)28-15-21(25)18-5-9-19(10-6-18)23(2,3)4/h5-12H,13-15H2,1-4H3. The Bertz CT molecular complexity index is 827. The van der Waals surface area contributed by atoms with Crippen LogP contribution in [0.4, 0.5) is 0 Å². The zero-order valence-corrected chi connectivity index (χ0v) is 16.8. The quantitative estimate of drug-likeness (QED) is 0.500. The Kier molecular flexibility index (Phi) is 7.10. The van der Waals surface area contributed by atoms with Crippen molar-refractivity contribution in [2.75, 3.05) is 13.2 Å². The summed E-state index contributed by atoms with van der Waals surface area (Å²) < 4.78 is 10.5. The molecule has 0 bridgehead atoms. The molecule has 0 spiro atoms. The molecular weight excluding hydrogens is 356 g/mol. The Morgan fingerprint density at radius 2 is 1.43 bits per heavy atom. The summed E-state index contributed by atoms with van der Waals surface area (Å²) >= 11 is 0. The fourth-order valence-electron chi connectivity index (χ4n) is 2.50. The van der Waals surface area contributed by atoms with E-state index in [9.17, 15) is 14.4 Å². The van der Waals surface area contributed by atoms with Crippen LogP contribution >= 0.6 is 0 Å². The minimum absolute atomic E-state index is 0.0143.